The van der Waals surface area contributed by atoms with Crippen molar-refractivity contribution in [1.29, 1.82) is 5.26 Å². The number of hydrogen-bond donors (Lipinski definition) is 1. The van der Waals surface area contributed by atoms with Gasteiger partial charge in [-0.2, -0.15) is 5.26 Å². The number of anilines is 1. The van der Waals surface area contributed by atoms with Crippen LogP contribution in [0.25, 0.3) is 0 Å². The molecule has 0 aliphatic heterocycles. The monoisotopic (exact) mass is 398 g/mol. The third kappa shape index (κ3) is 3.49. The molecule has 0 amide bonds. The first-order valence-corrected chi connectivity index (χ1v) is 8.32. The molecule has 0 aliphatic carbocycles. The molecule has 0 aromatic heterocycles. The van der Waals surface area contributed by atoms with Gasteiger partial charge in [0.25, 0.3) is 10.0 Å². The van der Waals surface area contributed by atoms with Crippen LogP contribution in [0.2, 0.25) is 0 Å². The molecule has 4 nitrogen and oxygen atoms in total. The first kappa shape index (κ1) is 14.8. The van der Waals surface area contributed by atoms with Crippen LogP contribution < -0.4 is 4.72 Å². The summed E-state index contributed by atoms with van der Waals surface area (Å²) in [5.74, 6) is 0. The minimum Gasteiger partial charge on any atom is -0.279 e. The Labute approximate surface area is 131 Å². The molecule has 0 bridgehead atoms. The van der Waals surface area contributed by atoms with Gasteiger partial charge in [0, 0.05) is 3.57 Å². The lowest BCUT2D eigenvalue weighted by molar-refractivity contribution is 0.601. The molecule has 2 aromatic carbocycles. The smallest absolute Gasteiger partial charge is 0.261 e. The van der Waals surface area contributed by atoms with Gasteiger partial charge in [0.2, 0.25) is 0 Å². The second-order valence-corrected chi connectivity index (χ2v) is 6.91. The maximum absolute atomic E-state index is 12.2. The van der Waals surface area contributed by atoms with Gasteiger partial charge in [-0.3, -0.25) is 4.72 Å². The second-order valence-electron chi connectivity index (χ2n) is 4.06. The number of nitriles is 1. The first-order chi connectivity index (χ1) is 9.53. The Morgan fingerprint density at radius 1 is 1.10 bits per heavy atom. The van der Waals surface area contributed by atoms with Crippen LogP contribution in [0.1, 0.15) is 5.56 Å². The van der Waals surface area contributed by atoms with Crippen molar-refractivity contribution in [2.45, 2.75) is 11.3 Å². The SMILES string of the molecule is N#CCc1ccc(S(=O)(=O)Nc2ccccc2I)cc1. The molecule has 0 saturated heterocycles. The fourth-order valence-corrected chi connectivity index (χ4v) is 3.41. The highest BCUT2D eigenvalue weighted by Gasteiger charge is 2.15. The van der Waals surface area contributed by atoms with Crippen molar-refractivity contribution < 1.29 is 8.42 Å². The molecule has 102 valence electrons. The van der Waals surface area contributed by atoms with E-state index in [2.05, 4.69) is 27.3 Å². The Kier molecular flexibility index (Phi) is 4.62. The van der Waals surface area contributed by atoms with Crippen LogP contribution in [0.3, 0.4) is 0 Å². The Balaban J connectivity index is 2.27. The molecule has 2 aromatic rings. The number of para-hydroxylation sites is 1. The summed E-state index contributed by atoms with van der Waals surface area (Å²) in [5, 5.41) is 8.59. The number of benzene rings is 2. The van der Waals surface area contributed by atoms with Crippen LogP contribution in [0, 0.1) is 14.9 Å². The molecule has 0 saturated carbocycles. The van der Waals surface area contributed by atoms with E-state index >= 15 is 0 Å². The van der Waals surface area contributed by atoms with E-state index in [1.807, 2.05) is 18.2 Å². The lowest BCUT2D eigenvalue weighted by Gasteiger charge is -2.09. The summed E-state index contributed by atoms with van der Waals surface area (Å²) in [6, 6.07) is 15.5. The maximum Gasteiger partial charge on any atom is 0.261 e. The van der Waals surface area contributed by atoms with Gasteiger partial charge in [0.1, 0.15) is 0 Å². The van der Waals surface area contributed by atoms with Gasteiger partial charge in [-0.1, -0.05) is 24.3 Å². The van der Waals surface area contributed by atoms with Gasteiger partial charge in [-0.05, 0) is 52.4 Å². The van der Waals surface area contributed by atoms with E-state index in [4.69, 9.17) is 5.26 Å². The minimum atomic E-state index is -3.61. The predicted molar refractivity (Wildman–Crippen MR) is 85.7 cm³/mol. The molecular formula is C14H11IN2O2S. The van der Waals surface area contributed by atoms with Crippen LogP contribution in [-0.2, 0) is 16.4 Å². The van der Waals surface area contributed by atoms with E-state index in [0.29, 0.717) is 5.69 Å². The Morgan fingerprint density at radius 2 is 1.75 bits per heavy atom. The van der Waals surface area contributed by atoms with Gasteiger partial charge in [-0.15, -0.1) is 0 Å². The zero-order valence-corrected chi connectivity index (χ0v) is 13.3. The summed E-state index contributed by atoms with van der Waals surface area (Å²) in [5.41, 5.74) is 1.34. The van der Waals surface area contributed by atoms with Crippen molar-refractivity contribution in [2.24, 2.45) is 0 Å². The van der Waals surface area contributed by atoms with Crippen molar-refractivity contribution in [1.82, 2.24) is 0 Å². The third-order valence-corrected chi connectivity index (χ3v) is 4.96. The average molecular weight is 398 g/mol. The second kappa shape index (κ2) is 6.24. The van der Waals surface area contributed by atoms with Crippen LogP contribution in [0.4, 0.5) is 5.69 Å². The molecule has 1 N–H and O–H groups in total. The highest BCUT2D eigenvalue weighted by Crippen LogP contribution is 2.21. The molecule has 0 spiro atoms. The molecular weight excluding hydrogens is 387 g/mol. The zero-order valence-electron chi connectivity index (χ0n) is 10.4. The van der Waals surface area contributed by atoms with Gasteiger partial charge < -0.3 is 0 Å². The van der Waals surface area contributed by atoms with Crippen molar-refractivity contribution in [3.05, 3.63) is 57.7 Å². The molecule has 0 fully saturated rings. The van der Waals surface area contributed by atoms with E-state index in [9.17, 15) is 8.42 Å². The average Bonchev–Trinajstić information content (AvgIpc) is 2.42. The van der Waals surface area contributed by atoms with Crippen molar-refractivity contribution in [2.75, 3.05) is 4.72 Å². The molecule has 2 rings (SSSR count). The predicted octanol–water partition coefficient (Wildman–Crippen LogP) is 3.16. The highest BCUT2D eigenvalue weighted by molar-refractivity contribution is 14.1. The molecule has 0 atom stereocenters. The number of hydrogen-bond acceptors (Lipinski definition) is 3. The number of sulfonamides is 1. The summed E-state index contributed by atoms with van der Waals surface area (Å²) in [7, 11) is -3.61. The van der Waals surface area contributed by atoms with E-state index in [1.165, 1.54) is 12.1 Å². The molecule has 20 heavy (non-hydrogen) atoms. The number of rotatable bonds is 4. The van der Waals surface area contributed by atoms with Gasteiger partial charge in [-0.25, -0.2) is 8.42 Å². The fourth-order valence-electron chi connectivity index (χ4n) is 1.63. The van der Waals surface area contributed by atoms with Crippen molar-refractivity contribution in [3.8, 4) is 6.07 Å². The molecule has 0 aliphatic rings. The fraction of sp³-hybridized carbons (Fsp3) is 0.0714. The van der Waals surface area contributed by atoms with Crippen LogP contribution in [0.15, 0.2) is 53.4 Å². The number of nitrogens with zero attached hydrogens (tertiary/aromatic N) is 1. The van der Waals surface area contributed by atoms with Crippen LogP contribution in [0.5, 0.6) is 0 Å². The zero-order chi connectivity index (χ0) is 14.6. The van der Waals surface area contributed by atoms with E-state index in [1.54, 1.807) is 24.3 Å². The van der Waals surface area contributed by atoms with Gasteiger partial charge in [0.05, 0.1) is 23.1 Å². The van der Waals surface area contributed by atoms with Crippen molar-refractivity contribution in [3.63, 3.8) is 0 Å². The van der Waals surface area contributed by atoms with E-state index in [-0.39, 0.29) is 11.3 Å². The summed E-state index contributed by atoms with van der Waals surface area (Å²) in [4.78, 5) is 0.179. The standard InChI is InChI=1S/C14H11IN2O2S/c15-13-3-1-2-4-14(13)17-20(18,19)12-7-5-11(6-8-12)9-10-16/h1-8,17H,9H2. The Morgan fingerprint density at radius 3 is 2.35 bits per heavy atom. The van der Waals surface area contributed by atoms with Crippen LogP contribution in [-0.4, -0.2) is 8.42 Å². The number of halogens is 1. The third-order valence-electron chi connectivity index (χ3n) is 2.64. The largest absolute Gasteiger partial charge is 0.279 e. The lowest BCUT2D eigenvalue weighted by atomic mass is 10.2. The number of nitrogens with one attached hydrogen (secondary N) is 1. The highest BCUT2D eigenvalue weighted by atomic mass is 127. The molecule has 0 radical (unpaired) electrons. The Hall–Kier alpha value is -1.59. The summed E-state index contributed by atoms with van der Waals surface area (Å²) in [6.45, 7) is 0. The molecule has 0 unspecified atom stereocenters. The Bertz CT molecular complexity index is 749. The summed E-state index contributed by atoms with van der Waals surface area (Å²) >= 11 is 2.07. The van der Waals surface area contributed by atoms with E-state index in [0.717, 1.165) is 9.13 Å². The minimum absolute atomic E-state index is 0.179. The molecule has 0 heterocycles. The topological polar surface area (TPSA) is 70.0 Å². The van der Waals surface area contributed by atoms with Crippen LogP contribution >= 0.6 is 22.6 Å². The van der Waals surface area contributed by atoms with E-state index < -0.39 is 10.0 Å². The lowest BCUT2D eigenvalue weighted by Crippen LogP contribution is -2.13. The first-order valence-electron chi connectivity index (χ1n) is 5.76. The maximum atomic E-state index is 12.2. The summed E-state index contributed by atoms with van der Waals surface area (Å²) in [6.07, 6.45) is 0.268. The van der Waals surface area contributed by atoms with Gasteiger partial charge in [0.15, 0.2) is 0 Å². The van der Waals surface area contributed by atoms with Gasteiger partial charge >= 0.3 is 0 Å². The quantitative estimate of drug-likeness (QED) is 0.805. The summed E-state index contributed by atoms with van der Waals surface area (Å²) < 4.78 is 27.9. The van der Waals surface area contributed by atoms with Crippen molar-refractivity contribution >= 4 is 38.3 Å². The molecule has 6 heteroatoms. The normalized spacial score (nSPS) is 10.8.